The van der Waals surface area contributed by atoms with Crippen molar-refractivity contribution in [1.82, 2.24) is 0 Å². The standard InChI is InChI=1S/C28H36O6/c1-14-12-21(32-23(30)15(14)2)26(4)19-8-7-18-16-13-22-28(33-22)10-5-6-20(29)25(28,3)17(16)9-11-27(18,19)24(31)34-26/h5-6,16-19,21-22,24,31H,7-13H2,1-4H3/t16-,17-,18-,19-,21-,22-,24-,25+,26-,27-,28-/m1/s1. The van der Waals surface area contributed by atoms with E-state index in [0.29, 0.717) is 23.8 Å². The van der Waals surface area contributed by atoms with Crippen LogP contribution in [0.25, 0.3) is 0 Å². The summed E-state index contributed by atoms with van der Waals surface area (Å²) in [6.45, 7) is 8.03. The lowest BCUT2D eigenvalue weighted by molar-refractivity contribution is -0.217. The van der Waals surface area contributed by atoms with Gasteiger partial charge in [0.1, 0.15) is 17.3 Å². The second kappa shape index (κ2) is 6.43. The molecule has 0 radical (unpaired) electrons. The fraction of sp³-hybridized carbons (Fsp3) is 0.786. The van der Waals surface area contributed by atoms with E-state index >= 15 is 0 Å². The number of carbonyl (C=O) groups is 2. The van der Waals surface area contributed by atoms with E-state index in [1.165, 1.54) is 0 Å². The first-order valence-corrected chi connectivity index (χ1v) is 13.2. The fourth-order valence-corrected chi connectivity index (χ4v) is 10.0. The number of ether oxygens (including phenoxy) is 3. The zero-order valence-electron chi connectivity index (χ0n) is 20.6. The van der Waals surface area contributed by atoms with Gasteiger partial charge in [0.05, 0.1) is 11.5 Å². The summed E-state index contributed by atoms with van der Waals surface area (Å²) in [5.74, 6) is 1.01. The highest BCUT2D eigenvalue weighted by molar-refractivity contribution is 5.97. The minimum absolute atomic E-state index is 0.131. The molecule has 7 aliphatic rings. The molecule has 184 valence electrons. The third-order valence-electron chi connectivity index (χ3n) is 12.0. The molecule has 11 atom stereocenters. The smallest absolute Gasteiger partial charge is 0.334 e. The molecule has 2 spiro atoms. The molecule has 3 aliphatic heterocycles. The summed E-state index contributed by atoms with van der Waals surface area (Å²) in [7, 11) is 0. The maximum absolute atomic E-state index is 13.3. The highest BCUT2D eigenvalue weighted by Crippen LogP contribution is 2.75. The average Bonchev–Trinajstić information content (AvgIpc) is 3.26. The largest absolute Gasteiger partial charge is 0.456 e. The molecule has 3 saturated carbocycles. The van der Waals surface area contributed by atoms with E-state index in [9.17, 15) is 14.7 Å². The number of aliphatic hydroxyl groups is 1. The van der Waals surface area contributed by atoms with Gasteiger partial charge >= 0.3 is 5.97 Å². The molecule has 0 unspecified atom stereocenters. The maximum atomic E-state index is 13.3. The number of ketones is 1. The molecule has 6 heteroatoms. The highest BCUT2D eigenvalue weighted by atomic mass is 16.6. The van der Waals surface area contributed by atoms with Crippen LogP contribution >= 0.6 is 0 Å². The number of hydrogen-bond acceptors (Lipinski definition) is 6. The van der Waals surface area contributed by atoms with Gasteiger partial charge < -0.3 is 19.3 Å². The molecule has 0 bridgehead atoms. The summed E-state index contributed by atoms with van der Waals surface area (Å²) < 4.78 is 18.7. The van der Waals surface area contributed by atoms with Crippen molar-refractivity contribution in [3.05, 3.63) is 23.3 Å². The average molecular weight is 469 g/mol. The quantitative estimate of drug-likeness (QED) is 0.465. The molecule has 0 aromatic carbocycles. The lowest BCUT2D eigenvalue weighted by atomic mass is 9.44. The van der Waals surface area contributed by atoms with Gasteiger partial charge in [0, 0.05) is 23.3 Å². The summed E-state index contributed by atoms with van der Waals surface area (Å²) in [6.07, 6.45) is 8.88. The Morgan fingerprint density at radius 2 is 1.82 bits per heavy atom. The first-order chi connectivity index (χ1) is 16.1. The number of epoxide rings is 1. The van der Waals surface area contributed by atoms with Crippen molar-refractivity contribution >= 4 is 11.8 Å². The van der Waals surface area contributed by atoms with Crippen LogP contribution in [0.2, 0.25) is 0 Å². The van der Waals surface area contributed by atoms with Crippen LogP contribution < -0.4 is 0 Å². The second-order valence-electron chi connectivity index (χ2n) is 12.7. The van der Waals surface area contributed by atoms with Gasteiger partial charge in [-0.15, -0.1) is 0 Å². The molecule has 2 saturated heterocycles. The van der Waals surface area contributed by atoms with Gasteiger partial charge in [-0.1, -0.05) is 11.6 Å². The Kier molecular flexibility index (Phi) is 4.12. The molecule has 0 amide bonds. The van der Waals surface area contributed by atoms with Crippen LogP contribution in [-0.4, -0.2) is 46.6 Å². The van der Waals surface area contributed by atoms with Crippen LogP contribution in [0.4, 0.5) is 0 Å². The van der Waals surface area contributed by atoms with E-state index in [1.54, 1.807) is 6.08 Å². The molecule has 0 aromatic heterocycles. The zero-order chi connectivity index (χ0) is 23.8. The molecular weight excluding hydrogens is 432 g/mol. The normalized spacial score (nSPS) is 57.4. The van der Waals surface area contributed by atoms with Crippen LogP contribution in [0.1, 0.15) is 72.6 Å². The van der Waals surface area contributed by atoms with Gasteiger partial charge in [-0.25, -0.2) is 4.79 Å². The third-order valence-corrected chi connectivity index (χ3v) is 12.0. The number of cyclic esters (lactones) is 1. The summed E-state index contributed by atoms with van der Waals surface area (Å²) in [5.41, 5.74) is -0.0920. The van der Waals surface area contributed by atoms with Crippen molar-refractivity contribution < 1.29 is 28.9 Å². The summed E-state index contributed by atoms with van der Waals surface area (Å²) >= 11 is 0. The topological polar surface area (TPSA) is 85.4 Å². The first kappa shape index (κ1) is 21.8. The Morgan fingerprint density at radius 1 is 1.03 bits per heavy atom. The lowest BCUT2D eigenvalue weighted by Crippen LogP contribution is -2.61. The van der Waals surface area contributed by atoms with Crippen LogP contribution in [0.5, 0.6) is 0 Å². The zero-order valence-corrected chi connectivity index (χ0v) is 20.6. The minimum Gasteiger partial charge on any atom is -0.456 e. The third kappa shape index (κ3) is 2.21. The fourth-order valence-electron chi connectivity index (χ4n) is 10.0. The Morgan fingerprint density at radius 3 is 2.59 bits per heavy atom. The van der Waals surface area contributed by atoms with Crippen molar-refractivity contribution in [2.45, 2.75) is 102 Å². The number of rotatable bonds is 1. The molecule has 5 fully saturated rings. The highest BCUT2D eigenvalue weighted by Gasteiger charge is 2.80. The van der Waals surface area contributed by atoms with E-state index in [2.05, 4.69) is 13.8 Å². The van der Waals surface area contributed by atoms with Crippen LogP contribution in [0, 0.1) is 34.5 Å². The Balaban J connectivity index is 1.25. The van der Waals surface area contributed by atoms with Crippen molar-refractivity contribution in [2.75, 3.05) is 0 Å². The van der Waals surface area contributed by atoms with E-state index in [-0.39, 0.29) is 46.8 Å². The lowest BCUT2D eigenvalue weighted by Gasteiger charge is -2.57. The maximum Gasteiger partial charge on any atom is 0.334 e. The number of fused-ring (bicyclic) bond motifs is 3. The van der Waals surface area contributed by atoms with Crippen molar-refractivity contribution in [2.24, 2.45) is 34.5 Å². The number of allylic oxidation sites excluding steroid dienone is 1. The Labute approximate surface area is 201 Å². The van der Waals surface area contributed by atoms with E-state index < -0.39 is 17.3 Å². The number of esters is 1. The van der Waals surface area contributed by atoms with Crippen molar-refractivity contribution in [3.63, 3.8) is 0 Å². The van der Waals surface area contributed by atoms with Crippen LogP contribution in [0.3, 0.4) is 0 Å². The molecule has 7 rings (SSSR count). The number of hydrogen-bond donors (Lipinski definition) is 1. The molecule has 1 N–H and O–H groups in total. The number of carbonyl (C=O) groups excluding carboxylic acids is 2. The van der Waals surface area contributed by atoms with Crippen LogP contribution in [0.15, 0.2) is 23.3 Å². The molecule has 6 nitrogen and oxygen atoms in total. The number of aliphatic hydroxyl groups excluding tert-OH is 1. The van der Waals surface area contributed by atoms with Gasteiger partial charge in [0.2, 0.25) is 0 Å². The molecular formula is C28H36O6. The minimum atomic E-state index is -0.872. The summed E-state index contributed by atoms with van der Waals surface area (Å²) in [5, 5.41) is 11.6. The van der Waals surface area contributed by atoms with Gasteiger partial charge in [-0.05, 0) is 90.0 Å². The summed E-state index contributed by atoms with van der Waals surface area (Å²) in [4.78, 5) is 25.9. The Hall–Kier alpha value is -1.50. The SMILES string of the molecule is CC1=C(C)C(=O)O[C@@H]([C@]2(C)O[C@@H](O)[C@]34CC[C@@H]5[C@@H](C[C@H]6O[C@]67CC=CC(=O)[C@]57C)[C@H]3CC[C@H]24)C1. The predicted molar refractivity (Wildman–Crippen MR) is 122 cm³/mol. The summed E-state index contributed by atoms with van der Waals surface area (Å²) in [6, 6.07) is 0. The van der Waals surface area contributed by atoms with E-state index in [4.69, 9.17) is 14.2 Å². The van der Waals surface area contributed by atoms with Gasteiger partial charge in [0.25, 0.3) is 0 Å². The first-order valence-electron chi connectivity index (χ1n) is 13.2. The van der Waals surface area contributed by atoms with Crippen LogP contribution in [-0.2, 0) is 23.8 Å². The molecule has 3 heterocycles. The Bertz CT molecular complexity index is 1060. The van der Waals surface area contributed by atoms with Gasteiger partial charge in [-0.3, -0.25) is 4.79 Å². The van der Waals surface area contributed by atoms with Gasteiger partial charge in [-0.2, -0.15) is 0 Å². The molecule has 34 heavy (non-hydrogen) atoms. The van der Waals surface area contributed by atoms with Crippen molar-refractivity contribution in [3.8, 4) is 0 Å². The predicted octanol–water partition coefficient (Wildman–Crippen LogP) is 3.86. The molecule has 4 aliphatic carbocycles. The molecule has 0 aromatic rings. The monoisotopic (exact) mass is 468 g/mol. The van der Waals surface area contributed by atoms with Gasteiger partial charge in [0.15, 0.2) is 12.1 Å². The van der Waals surface area contributed by atoms with E-state index in [0.717, 1.165) is 44.1 Å². The van der Waals surface area contributed by atoms with Crippen molar-refractivity contribution in [1.29, 1.82) is 0 Å². The van der Waals surface area contributed by atoms with E-state index in [1.807, 2.05) is 19.9 Å². The second-order valence-corrected chi connectivity index (χ2v) is 12.7.